The van der Waals surface area contributed by atoms with Crippen LogP contribution in [0.2, 0.25) is 0 Å². The van der Waals surface area contributed by atoms with E-state index >= 15 is 0 Å². The molecule has 0 heterocycles. The minimum Gasteiger partial charge on any atom is -1.00 e. The Morgan fingerprint density at radius 2 is 1.23 bits per heavy atom. The van der Waals surface area contributed by atoms with Gasteiger partial charge in [0, 0.05) is 0 Å². The summed E-state index contributed by atoms with van der Waals surface area (Å²) in [6.07, 6.45) is 4.80. The zero-order chi connectivity index (χ0) is 18.7. The average molecular weight is 537 g/mol. The van der Waals surface area contributed by atoms with Gasteiger partial charge in [0.15, 0.2) is 0 Å². The van der Waals surface area contributed by atoms with Gasteiger partial charge in [-0.15, -0.1) is 0 Å². The first-order valence-corrected chi connectivity index (χ1v) is 12.1. The van der Waals surface area contributed by atoms with Crippen LogP contribution in [0.5, 0.6) is 0 Å². The SMILES string of the molecule is CN(C)C[C]([Zr+3][CH]1C=Cc2ccccc21)(c1ccccc1)c1ccccc1.[Cl-].[Cl-].[Cl-]. The first-order valence-electron chi connectivity index (χ1n) is 9.50. The summed E-state index contributed by atoms with van der Waals surface area (Å²) in [6, 6.07) is 31.3. The monoisotopic (exact) mass is 534 g/mol. The number of likely N-dealkylation sites (N-methyl/N-ethyl adjacent to an activating group) is 1. The fourth-order valence-corrected chi connectivity index (χ4v) is 9.57. The Morgan fingerprint density at radius 1 is 0.733 bits per heavy atom. The zero-order valence-electron chi connectivity index (χ0n) is 17.1. The van der Waals surface area contributed by atoms with E-state index in [0.717, 1.165) is 6.54 Å². The number of hydrogen-bond donors (Lipinski definition) is 0. The van der Waals surface area contributed by atoms with Crippen molar-refractivity contribution in [2.24, 2.45) is 0 Å². The van der Waals surface area contributed by atoms with Crippen molar-refractivity contribution in [1.82, 2.24) is 4.90 Å². The molecule has 0 aliphatic heterocycles. The third-order valence-electron chi connectivity index (χ3n) is 5.29. The molecule has 1 unspecified atom stereocenters. The largest absolute Gasteiger partial charge is 1.00 e. The summed E-state index contributed by atoms with van der Waals surface area (Å²) in [6.45, 7) is 1.06. The van der Waals surface area contributed by atoms with Crippen LogP contribution >= 0.6 is 0 Å². The smallest absolute Gasteiger partial charge is 1.00 e. The van der Waals surface area contributed by atoms with E-state index in [-0.39, 0.29) is 40.3 Å². The average Bonchev–Trinajstić information content (AvgIpc) is 3.11. The normalized spacial score (nSPS) is 14.0. The summed E-state index contributed by atoms with van der Waals surface area (Å²) >= 11 is -0.950. The molecule has 0 bridgehead atoms. The van der Waals surface area contributed by atoms with Crippen LogP contribution in [0.15, 0.2) is 91.0 Å². The molecule has 0 saturated carbocycles. The van der Waals surface area contributed by atoms with E-state index in [1.807, 2.05) is 0 Å². The van der Waals surface area contributed by atoms with Crippen LogP contribution in [0.1, 0.15) is 25.9 Å². The van der Waals surface area contributed by atoms with E-state index in [1.54, 1.807) is 0 Å². The predicted octanol–water partition coefficient (Wildman–Crippen LogP) is -3.65. The fourth-order valence-electron chi connectivity index (χ4n) is 4.12. The first-order chi connectivity index (χ1) is 13.2. The predicted molar refractivity (Wildman–Crippen MR) is 110 cm³/mol. The third-order valence-corrected chi connectivity index (χ3v) is 10.3. The molecule has 0 amide bonds. The zero-order valence-corrected chi connectivity index (χ0v) is 21.8. The number of nitrogens with zero attached hydrogens (tertiary/aromatic N) is 1. The van der Waals surface area contributed by atoms with Crippen LogP contribution in [0, 0.1) is 0 Å². The van der Waals surface area contributed by atoms with Crippen LogP contribution in [-0.2, 0) is 26.4 Å². The van der Waals surface area contributed by atoms with Crippen LogP contribution < -0.4 is 37.2 Å². The second kappa shape index (κ2) is 12.2. The number of hydrogen-bond acceptors (Lipinski definition) is 1. The molecule has 155 valence electrons. The molecular weight excluding hydrogens is 512 g/mol. The molecule has 0 saturated heterocycles. The number of rotatable bonds is 6. The molecule has 0 N–H and O–H groups in total. The second-order valence-electron chi connectivity index (χ2n) is 7.49. The van der Waals surface area contributed by atoms with Crippen molar-refractivity contribution in [1.29, 1.82) is 0 Å². The van der Waals surface area contributed by atoms with Gasteiger partial charge in [-0.2, -0.15) is 0 Å². The number of halogens is 3. The third kappa shape index (κ3) is 5.67. The van der Waals surface area contributed by atoms with Crippen molar-refractivity contribution in [2.75, 3.05) is 20.6 Å². The van der Waals surface area contributed by atoms with E-state index in [4.69, 9.17) is 0 Å². The topological polar surface area (TPSA) is 3.24 Å². The van der Waals surface area contributed by atoms with E-state index < -0.39 is 23.2 Å². The van der Waals surface area contributed by atoms with Gasteiger partial charge in [-0.1, -0.05) is 0 Å². The molecule has 4 rings (SSSR count). The molecule has 1 atom stereocenters. The van der Waals surface area contributed by atoms with Gasteiger partial charge in [0.25, 0.3) is 0 Å². The van der Waals surface area contributed by atoms with Gasteiger partial charge in [-0.05, 0) is 0 Å². The molecule has 0 aromatic heterocycles. The molecule has 1 aliphatic rings. The maximum atomic E-state index is 2.47. The summed E-state index contributed by atoms with van der Waals surface area (Å²) in [5.74, 6) is 0. The van der Waals surface area contributed by atoms with Gasteiger partial charge in [-0.3, -0.25) is 0 Å². The summed E-state index contributed by atoms with van der Waals surface area (Å²) in [5, 5.41) is 0. The molecule has 1 aliphatic carbocycles. The molecule has 5 heteroatoms. The van der Waals surface area contributed by atoms with E-state index in [0.29, 0.717) is 3.63 Å². The molecule has 0 fully saturated rings. The van der Waals surface area contributed by atoms with Crippen LogP contribution in [0.3, 0.4) is 0 Å². The Morgan fingerprint density at radius 3 is 1.77 bits per heavy atom. The van der Waals surface area contributed by atoms with E-state index in [9.17, 15) is 0 Å². The Kier molecular flexibility index (Phi) is 11.1. The van der Waals surface area contributed by atoms with Gasteiger partial charge in [-0.25, -0.2) is 0 Å². The molecule has 3 aromatic rings. The standard InChI is InChI=1S/C16H18N.C9H7.3ClH.Zr/c1-17(2)13-16(14-9-5-3-6-10-14)15-11-7-4-8-12-15;1-2-5-9-7-3-6-8(9)4-1;;;;/h3-12H,13H2,1-2H3;1-7H;3*1H;/q;;;;;+3/p-3. The second-order valence-corrected chi connectivity index (χ2v) is 11.8. The first kappa shape index (κ1) is 27.1. The molecule has 0 spiro atoms. The Balaban J connectivity index is 0.00000150. The summed E-state index contributed by atoms with van der Waals surface area (Å²) < 4.78 is 0.715. The van der Waals surface area contributed by atoms with Gasteiger partial charge in [0.2, 0.25) is 0 Å². The maximum Gasteiger partial charge on any atom is -1.00 e. The van der Waals surface area contributed by atoms with Gasteiger partial charge in [0.05, 0.1) is 0 Å². The molecule has 30 heavy (non-hydrogen) atoms. The quantitative estimate of drug-likeness (QED) is 0.314. The Bertz CT molecular complexity index is 890. The van der Waals surface area contributed by atoms with E-state index in [1.165, 1.54) is 22.3 Å². The van der Waals surface area contributed by atoms with Crippen molar-refractivity contribution in [2.45, 2.75) is 6.75 Å². The van der Waals surface area contributed by atoms with Crippen LogP contribution in [0.4, 0.5) is 0 Å². The Hall–Kier alpha value is -0.887. The fraction of sp³-hybridized carbons (Fsp3) is 0.200. The van der Waals surface area contributed by atoms with Crippen molar-refractivity contribution in [3.05, 3.63) is 113 Å². The number of fused-ring (bicyclic) bond motifs is 1. The van der Waals surface area contributed by atoms with E-state index in [2.05, 4.69) is 116 Å². The van der Waals surface area contributed by atoms with Crippen LogP contribution in [-0.4, -0.2) is 25.5 Å². The summed E-state index contributed by atoms with van der Waals surface area (Å²) in [4.78, 5) is 2.37. The van der Waals surface area contributed by atoms with Crippen molar-refractivity contribution >= 4 is 6.08 Å². The maximum absolute atomic E-state index is 2.47. The number of allylic oxidation sites excluding steroid dienone is 1. The Labute approximate surface area is 210 Å². The van der Waals surface area contributed by atoms with Crippen molar-refractivity contribution in [3.63, 3.8) is 0 Å². The van der Waals surface area contributed by atoms with Gasteiger partial charge < -0.3 is 37.2 Å². The van der Waals surface area contributed by atoms with Gasteiger partial charge >= 0.3 is 175 Å². The minimum absolute atomic E-state index is 0. The minimum atomic E-state index is -0.950. The molecule has 0 radical (unpaired) electrons. The molecule has 3 aromatic carbocycles. The van der Waals surface area contributed by atoms with Crippen molar-refractivity contribution in [3.8, 4) is 0 Å². The van der Waals surface area contributed by atoms with Crippen LogP contribution in [0.25, 0.3) is 6.08 Å². The molecule has 1 nitrogen and oxygen atoms in total. The van der Waals surface area contributed by atoms with Gasteiger partial charge in [0.1, 0.15) is 0 Å². The molecular formula is C25H25Cl3NZr. The van der Waals surface area contributed by atoms with Crippen molar-refractivity contribution < 1.29 is 60.5 Å². The summed E-state index contributed by atoms with van der Waals surface area (Å²) in [5.41, 5.74) is 5.87. The number of benzene rings is 3. The summed E-state index contributed by atoms with van der Waals surface area (Å²) in [7, 11) is 4.41.